The zero-order chi connectivity index (χ0) is 20.1. The molecule has 0 saturated carbocycles. The van der Waals surface area contributed by atoms with E-state index in [0.717, 1.165) is 28.0 Å². The van der Waals surface area contributed by atoms with Crippen LogP contribution in [0.4, 0.5) is 5.69 Å². The van der Waals surface area contributed by atoms with Gasteiger partial charge >= 0.3 is 0 Å². The van der Waals surface area contributed by atoms with Gasteiger partial charge in [-0.05, 0) is 48.3 Å². The normalized spacial score (nSPS) is 18.1. The number of rotatable bonds is 3. The van der Waals surface area contributed by atoms with Crippen LogP contribution in [0.3, 0.4) is 0 Å². The third kappa shape index (κ3) is 3.34. The molecule has 4 aromatic rings. The highest BCUT2D eigenvalue weighted by Gasteiger charge is 2.21. The maximum atomic E-state index is 12.7. The van der Waals surface area contributed by atoms with E-state index in [9.17, 15) is 9.59 Å². The fourth-order valence-electron chi connectivity index (χ4n) is 3.97. The van der Waals surface area contributed by atoms with Crippen molar-refractivity contribution in [1.29, 1.82) is 0 Å². The van der Waals surface area contributed by atoms with Crippen LogP contribution in [0.1, 0.15) is 26.2 Å². The zero-order valence-electron chi connectivity index (χ0n) is 15.7. The van der Waals surface area contributed by atoms with Crippen LogP contribution in [-0.2, 0) is 4.79 Å². The van der Waals surface area contributed by atoms with Crippen LogP contribution in [-0.4, -0.2) is 49.5 Å². The van der Waals surface area contributed by atoms with E-state index in [2.05, 4.69) is 48.1 Å². The van der Waals surface area contributed by atoms with Crippen LogP contribution in [0.5, 0.6) is 0 Å². The van der Waals surface area contributed by atoms with E-state index in [1.54, 1.807) is 16.8 Å². The molecule has 0 radical (unpaired) electrons. The highest BCUT2D eigenvalue weighted by molar-refractivity contribution is 9.11. The lowest BCUT2D eigenvalue weighted by atomic mass is 10.0. The molecule has 0 aliphatic carbocycles. The summed E-state index contributed by atoms with van der Waals surface area (Å²) in [6.07, 6.45) is 6.91. The number of piperidine rings is 1. The SMILES string of the molecule is CC1CCCCN1CC(=O)Nc1cnc2c(c1)[nH]c(=O)c1c2nn2cc(Br)sc12. The molecule has 5 heterocycles. The lowest BCUT2D eigenvalue weighted by molar-refractivity contribution is -0.118. The van der Waals surface area contributed by atoms with E-state index < -0.39 is 0 Å². The van der Waals surface area contributed by atoms with Crippen molar-refractivity contribution >= 4 is 65.6 Å². The second-order valence-electron chi connectivity index (χ2n) is 7.45. The molecule has 1 atom stereocenters. The molecule has 1 fully saturated rings. The number of nitrogens with one attached hydrogen (secondary N) is 2. The van der Waals surface area contributed by atoms with Crippen molar-refractivity contribution < 1.29 is 4.79 Å². The summed E-state index contributed by atoms with van der Waals surface area (Å²) < 4.78 is 2.58. The van der Waals surface area contributed by atoms with E-state index in [1.807, 2.05) is 6.20 Å². The first-order valence-electron chi connectivity index (χ1n) is 9.53. The van der Waals surface area contributed by atoms with Crippen molar-refractivity contribution in [2.45, 2.75) is 32.2 Å². The molecule has 1 aliphatic heterocycles. The van der Waals surface area contributed by atoms with Gasteiger partial charge in [0, 0.05) is 6.04 Å². The van der Waals surface area contributed by atoms with Crippen molar-refractivity contribution in [3.63, 3.8) is 0 Å². The maximum absolute atomic E-state index is 12.7. The summed E-state index contributed by atoms with van der Waals surface area (Å²) in [6.45, 7) is 3.47. The van der Waals surface area contributed by atoms with Gasteiger partial charge in [0.2, 0.25) is 5.91 Å². The summed E-state index contributed by atoms with van der Waals surface area (Å²) in [5, 5.41) is 7.95. The van der Waals surface area contributed by atoms with E-state index >= 15 is 0 Å². The number of pyridine rings is 2. The molecule has 2 N–H and O–H groups in total. The molecule has 10 heteroatoms. The Labute approximate surface area is 178 Å². The number of hydrogen-bond acceptors (Lipinski definition) is 6. The lowest BCUT2D eigenvalue weighted by Crippen LogP contribution is -2.42. The Hall–Kier alpha value is -2.30. The maximum Gasteiger partial charge on any atom is 0.261 e. The zero-order valence-corrected chi connectivity index (χ0v) is 18.1. The number of H-pyrrole nitrogens is 1. The fourth-order valence-corrected chi connectivity index (χ4v) is 5.44. The van der Waals surface area contributed by atoms with E-state index in [0.29, 0.717) is 40.2 Å². The average Bonchev–Trinajstić information content (AvgIpc) is 3.19. The molecule has 1 aliphatic rings. The van der Waals surface area contributed by atoms with Gasteiger partial charge in [-0.25, -0.2) is 4.52 Å². The molecule has 29 heavy (non-hydrogen) atoms. The van der Waals surface area contributed by atoms with Crippen molar-refractivity contribution in [2.24, 2.45) is 0 Å². The third-order valence-corrected chi connectivity index (χ3v) is 7.02. The minimum absolute atomic E-state index is 0.0734. The molecule has 8 nitrogen and oxygen atoms in total. The molecule has 0 spiro atoms. The van der Waals surface area contributed by atoms with Crippen LogP contribution in [0, 0.1) is 0 Å². The quantitative estimate of drug-likeness (QED) is 0.474. The number of carbonyl (C=O) groups is 1. The molecular weight excluding hydrogens is 456 g/mol. The number of nitrogens with zero attached hydrogens (tertiary/aromatic N) is 4. The number of amides is 1. The van der Waals surface area contributed by atoms with Crippen LogP contribution in [0.2, 0.25) is 0 Å². The smallest absolute Gasteiger partial charge is 0.261 e. The highest BCUT2D eigenvalue weighted by Crippen LogP contribution is 2.30. The molecule has 1 unspecified atom stereocenters. The number of likely N-dealkylation sites (tertiary alicyclic amines) is 1. The summed E-state index contributed by atoms with van der Waals surface area (Å²) in [5.41, 5.74) is 2.06. The number of halogens is 1. The van der Waals surface area contributed by atoms with Crippen molar-refractivity contribution in [3.05, 3.63) is 32.6 Å². The monoisotopic (exact) mass is 474 g/mol. The number of thiazole rings is 1. The molecule has 0 bridgehead atoms. The van der Waals surface area contributed by atoms with Crippen molar-refractivity contribution in [3.8, 4) is 0 Å². The first-order chi connectivity index (χ1) is 14.0. The topological polar surface area (TPSA) is 95.4 Å². The third-order valence-electron chi connectivity index (χ3n) is 5.44. The molecule has 4 aromatic heterocycles. The molecule has 1 amide bonds. The predicted molar refractivity (Wildman–Crippen MR) is 118 cm³/mol. The van der Waals surface area contributed by atoms with Crippen LogP contribution in [0.15, 0.2) is 27.0 Å². The Bertz CT molecular complexity index is 1310. The number of fused-ring (bicyclic) bond motifs is 5. The van der Waals surface area contributed by atoms with Gasteiger partial charge in [0.1, 0.15) is 21.3 Å². The molecule has 150 valence electrons. The summed E-state index contributed by atoms with van der Waals surface area (Å²) in [6, 6.07) is 2.16. The summed E-state index contributed by atoms with van der Waals surface area (Å²) in [7, 11) is 0. The Morgan fingerprint density at radius 1 is 1.41 bits per heavy atom. The number of anilines is 1. The van der Waals surface area contributed by atoms with Gasteiger partial charge in [0.05, 0.1) is 33.9 Å². The Morgan fingerprint density at radius 3 is 3.10 bits per heavy atom. The predicted octanol–water partition coefficient (Wildman–Crippen LogP) is 3.36. The van der Waals surface area contributed by atoms with Gasteiger partial charge in [-0.1, -0.05) is 6.42 Å². The molecular formula is C19H19BrN6O2S. The van der Waals surface area contributed by atoms with Gasteiger partial charge < -0.3 is 10.3 Å². The van der Waals surface area contributed by atoms with E-state index in [4.69, 9.17) is 0 Å². The Balaban J connectivity index is 1.46. The molecule has 1 saturated heterocycles. The largest absolute Gasteiger partial charge is 0.324 e. The fraction of sp³-hybridized carbons (Fsp3) is 0.368. The van der Waals surface area contributed by atoms with Crippen LogP contribution in [0.25, 0.3) is 26.8 Å². The summed E-state index contributed by atoms with van der Waals surface area (Å²) >= 11 is 4.87. The summed E-state index contributed by atoms with van der Waals surface area (Å²) in [5.74, 6) is -0.0734. The van der Waals surface area contributed by atoms with Gasteiger partial charge in [-0.3, -0.25) is 19.5 Å². The second kappa shape index (κ2) is 7.19. The first-order valence-corrected chi connectivity index (χ1v) is 11.1. The number of aromatic amines is 1. The van der Waals surface area contributed by atoms with Crippen LogP contribution < -0.4 is 10.9 Å². The van der Waals surface area contributed by atoms with Gasteiger partial charge in [-0.15, -0.1) is 11.3 Å². The Morgan fingerprint density at radius 2 is 2.28 bits per heavy atom. The van der Waals surface area contributed by atoms with Crippen molar-refractivity contribution in [1.82, 2.24) is 24.5 Å². The molecule has 0 aromatic carbocycles. The first kappa shape index (κ1) is 18.7. The van der Waals surface area contributed by atoms with E-state index in [-0.39, 0.29) is 11.5 Å². The minimum Gasteiger partial charge on any atom is -0.324 e. The lowest BCUT2D eigenvalue weighted by Gasteiger charge is -2.32. The van der Waals surface area contributed by atoms with Gasteiger partial charge in [0.15, 0.2) is 0 Å². The standard InChI is InChI=1S/C19H19BrN6O2S/c1-10-4-2-3-5-25(10)9-14(27)22-11-6-12-16(21-7-11)17-15(18(28)23-12)19-26(24-17)8-13(20)29-19/h6-8,10H,2-5,9H2,1H3,(H,22,27)(H,23,28). The summed E-state index contributed by atoms with van der Waals surface area (Å²) in [4.78, 5) is 35.5. The Kier molecular flexibility index (Phi) is 4.64. The number of hydrogen-bond donors (Lipinski definition) is 2. The van der Waals surface area contributed by atoms with Gasteiger partial charge in [0.25, 0.3) is 5.56 Å². The van der Waals surface area contributed by atoms with E-state index in [1.165, 1.54) is 17.8 Å². The average molecular weight is 475 g/mol. The second-order valence-corrected chi connectivity index (χ2v) is 9.86. The number of carbonyl (C=O) groups excluding carboxylic acids is 1. The van der Waals surface area contributed by atoms with Crippen molar-refractivity contribution in [2.75, 3.05) is 18.4 Å². The van der Waals surface area contributed by atoms with Gasteiger partial charge in [-0.2, -0.15) is 5.10 Å². The minimum atomic E-state index is -0.218. The molecule has 5 rings (SSSR count). The van der Waals surface area contributed by atoms with Crippen LogP contribution >= 0.6 is 27.3 Å². The number of aromatic nitrogens is 4. The highest BCUT2D eigenvalue weighted by atomic mass is 79.9.